The second-order valence-corrected chi connectivity index (χ2v) is 5.98. The first-order valence-electron chi connectivity index (χ1n) is 5.75. The predicted octanol–water partition coefficient (Wildman–Crippen LogP) is 4.44. The molecule has 0 saturated carbocycles. The Morgan fingerprint density at radius 1 is 1.19 bits per heavy atom. The molecule has 2 heterocycles. The molecule has 2 aromatic heterocycles. The lowest BCUT2D eigenvalue weighted by atomic mass is 10.2. The Bertz CT molecular complexity index is 851. The van der Waals surface area contributed by atoms with Crippen LogP contribution >= 0.6 is 34.5 Å². The summed E-state index contributed by atoms with van der Waals surface area (Å²) in [5.41, 5.74) is 0.856. The van der Waals surface area contributed by atoms with Gasteiger partial charge in [-0.25, -0.2) is 14.8 Å². The van der Waals surface area contributed by atoms with Gasteiger partial charge < -0.3 is 10.4 Å². The highest BCUT2D eigenvalue weighted by Gasteiger charge is 2.10. The van der Waals surface area contributed by atoms with E-state index in [2.05, 4.69) is 15.3 Å². The average Bonchev–Trinajstić information content (AvgIpc) is 2.79. The molecule has 2 N–H and O–H groups in total. The number of carboxylic acids is 1. The van der Waals surface area contributed by atoms with E-state index in [1.807, 2.05) is 12.1 Å². The molecule has 0 atom stereocenters. The number of benzene rings is 1. The van der Waals surface area contributed by atoms with E-state index in [9.17, 15) is 4.79 Å². The van der Waals surface area contributed by atoms with Gasteiger partial charge in [-0.2, -0.15) is 0 Å². The largest absolute Gasteiger partial charge is 0.478 e. The molecule has 0 amide bonds. The molecule has 106 valence electrons. The maximum Gasteiger partial charge on any atom is 0.335 e. The number of carboxylic acid groups (broad SMARTS) is 1. The lowest BCUT2D eigenvalue weighted by Gasteiger charge is -2.03. The number of nitrogens with one attached hydrogen (secondary N) is 1. The molecular weight excluding hydrogens is 333 g/mol. The zero-order valence-corrected chi connectivity index (χ0v) is 12.6. The summed E-state index contributed by atoms with van der Waals surface area (Å²) >= 11 is 13.1. The van der Waals surface area contributed by atoms with Crippen LogP contribution < -0.4 is 5.32 Å². The first-order chi connectivity index (χ1) is 10.0. The smallest absolute Gasteiger partial charge is 0.335 e. The number of anilines is 2. The zero-order chi connectivity index (χ0) is 15.0. The summed E-state index contributed by atoms with van der Waals surface area (Å²) in [5.74, 6) is -0.747. The fourth-order valence-electron chi connectivity index (χ4n) is 1.75. The van der Waals surface area contributed by atoms with Crippen LogP contribution in [0.2, 0.25) is 10.2 Å². The number of aromatic nitrogens is 2. The molecule has 0 fully saturated rings. The summed E-state index contributed by atoms with van der Waals surface area (Å²) in [6.07, 6.45) is 0. The average molecular weight is 340 g/mol. The lowest BCUT2D eigenvalue weighted by molar-refractivity contribution is 0.0697. The van der Waals surface area contributed by atoms with Gasteiger partial charge >= 0.3 is 5.97 Å². The summed E-state index contributed by atoms with van der Waals surface area (Å²) < 4.78 is 0.922. The van der Waals surface area contributed by atoms with E-state index in [1.54, 1.807) is 6.07 Å². The van der Waals surface area contributed by atoms with Gasteiger partial charge in [0, 0.05) is 5.02 Å². The van der Waals surface area contributed by atoms with Crippen LogP contribution in [-0.4, -0.2) is 21.0 Å². The second-order valence-electron chi connectivity index (χ2n) is 4.13. The highest BCUT2D eigenvalue weighted by molar-refractivity contribution is 7.22. The number of carbonyl (C=O) groups is 1. The van der Waals surface area contributed by atoms with E-state index in [4.69, 9.17) is 28.3 Å². The van der Waals surface area contributed by atoms with E-state index in [0.29, 0.717) is 16.0 Å². The predicted molar refractivity (Wildman–Crippen MR) is 84.1 cm³/mol. The van der Waals surface area contributed by atoms with Crippen molar-refractivity contribution in [3.05, 3.63) is 46.1 Å². The number of pyridine rings is 1. The molecule has 0 aliphatic carbocycles. The van der Waals surface area contributed by atoms with Crippen molar-refractivity contribution < 1.29 is 9.90 Å². The molecule has 0 aliphatic heterocycles. The van der Waals surface area contributed by atoms with Gasteiger partial charge in [-0.3, -0.25) is 0 Å². The third-order valence-electron chi connectivity index (χ3n) is 2.63. The lowest BCUT2D eigenvalue weighted by Crippen LogP contribution is -2.00. The van der Waals surface area contributed by atoms with E-state index < -0.39 is 5.97 Å². The van der Waals surface area contributed by atoms with Crippen molar-refractivity contribution in [1.29, 1.82) is 0 Å². The highest BCUT2D eigenvalue weighted by atomic mass is 35.5. The SMILES string of the molecule is O=C(O)c1cc(Cl)nc(Nc2nc3ccc(Cl)cc3s2)c1. The minimum atomic E-state index is -1.07. The van der Waals surface area contributed by atoms with Gasteiger partial charge in [-0.05, 0) is 30.3 Å². The van der Waals surface area contributed by atoms with Gasteiger partial charge in [0.2, 0.25) is 0 Å². The fourth-order valence-corrected chi connectivity index (χ4v) is 3.10. The van der Waals surface area contributed by atoms with Crippen molar-refractivity contribution in [2.75, 3.05) is 5.32 Å². The molecule has 0 spiro atoms. The van der Waals surface area contributed by atoms with E-state index in [-0.39, 0.29) is 10.7 Å². The number of hydrogen-bond donors (Lipinski definition) is 2. The van der Waals surface area contributed by atoms with Gasteiger partial charge in [0.15, 0.2) is 5.13 Å². The molecule has 21 heavy (non-hydrogen) atoms. The Hall–Kier alpha value is -1.89. The van der Waals surface area contributed by atoms with E-state index in [1.165, 1.54) is 23.5 Å². The van der Waals surface area contributed by atoms with Gasteiger partial charge in [-0.1, -0.05) is 34.5 Å². The van der Waals surface area contributed by atoms with E-state index in [0.717, 1.165) is 10.2 Å². The Labute approximate surface area is 133 Å². The van der Waals surface area contributed by atoms with Crippen molar-refractivity contribution in [2.24, 2.45) is 0 Å². The standard InChI is InChI=1S/C13H7Cl2N3O2S/c14-7-1-2-8-9(5-7)21-13(16-8)18-11-4-6(12(19)20)3-10(15)17-11/h1-5H,(H,19,20)(H,16,17,18). The molecule has 0 unspecified atom stereocenters. The first-order valence-corrected chi connectivity index (χ1v) is 7.32. The molecule has 3 rings (SSSR count). The Morgan fingerprint density at radius 2 is 2.00 bits per heavy atom. The molecule has 0 saturated heterocycles. The topological polar surface area (TPSA) is 75.1 Å². The third kappa shape index (κ3) is 3.07. The van der Waals surface area contributed by atoms with Crippen molar-refractivity contribution in [1.82, 2.24) is 9.97 Å². The van der Waals surface area contributed by atoms with Crippen molar-refractivity contribution >= 4 is 61.7 Å². The number of nitrogens with zero attached hydrogens (tertiary/aromatic N) is 2. The molecule has 5 nitrogen and oxygen atoms in total. The minimum absolute atomic E-state index is 0.0571. The normalized spacial score (nSPS) is 10.8. The van der Waals surface area contributed by atoms with Crippen LogP contribution in [0.15, 0.2) is 30.3 Å². The van der Waals surface area contributed by atoms with Crippen molar-refractivity contribution in [3.63, 3.8) is 0 Å². The van der Waals surface area contributed by atoms with Crippen molar-refractivity contribution in [2.45, 2.75) is 0 Å². The number of thiazole rings is 1. The van der Waals surface area contributed by atoms with Gasteiger partial charge in [0.05, 0.1) is 15.8 Å². The van der Waals surface area contributed by atoms with Crippen molar-refractivity contribution in [3.8, 4) is 0 Å². The fraction of sp³-hybridized carbons (Fsp3) is 0. The maximum absolute atomic E-state index is 11.0. The Balaban J connectivity index is 1.96. The number of rotatable bonds is 3. The molecule has 3 aromatic rings. The van der Waals surface area contributed by atoms with E-state index >= 15 is 0 Å². The molecule has 0 aliphatic rings. The highest BCUT2D eigenvalue weighted by Crippen LogP contribution is 2.30. The summed E-state index contributed by atoms with van der Waals surface area (Å²) in [7, 11) is 0. The summed E-state index contributed by atoms with van der Waals surface area (Å²) in [6.45, 7) is 0. The van der Waals surface area contributed by atoms with Crippen LogP contribution in [0, 0.1) is 0 Å². The molecule has 1 aromatic carbocycles. The molecule has 0 radical (unpaired) electrons. The third-order valence-corrected chi connectivity index (χ3v) is 3.99. The Kier molecular flexibility index (Phi) is 3.67. The maximum atomic E-state index is 11.0. The summed E-state index contributed by atoms with van der Waals surface area (Å²) in [4.78, 5) is 19.4. The van der Waals surface area contributed by atoms with Crippen LogP contribution in [-0.2, 0) is 0 Å². The number of hydrogen-bond acceptors (Lipinski definition) is 5. The van der Waals surface area contributed by atoms with Crippen LogP contribution in [0.1, 0.15) is 10.4 Å². The molecule has 0 bridgehead atoms. The second kappa shape index (κ2) is 5.48. The van der Waals surface area contributed by atoms with Gasteiger partial charge in [0.1, 0.15) is 11.0 Å². The van der Waals surface area contributed by atoms with Gasteiger partial charge in [0.25, 0.3) is 0 Å². The summed E-state index contributed by atoms with van der Waals surface area (Å²) in [5, 5.41) is 13.3. The number of fused-ring (bicyclic) bond motifs is 1. The molecule has 8 heteroatoms. The van der Waals surface area contributed by atoms with Crippen LogP contribution in [0.25, 0.3) is 10.2 Å². The monoisotopic (exact) mass is 339 g/mol. The van der Waals surface area contributed by atoms with Crippen LogP contribution in [0.4, 0.5) is 10.9 Å². The molecular formula is C13H7Cl2N3O2S. The van der Waals surface area contributed by atoms with Crippen LogP contribution in [0.3, 0.4) is 0 Å². The van der Waals surface area contributed by atoms with Crippen LogP contribution in [0.5, 0.6) is 0 Å². The zero-order valence-electron chi connectivity index (χ0n) is 10.3. The summed E-state index contributed by atoms with van der Waals surface area (Å²) in [6, 6.07) is 8.06. The quantitative estimate of drug-likeness (QED) is 0.690. The first kappa shape index (κ1) is 14.1. The number of halogens is 2. The Morgan fingerprint density at radius 3 is 2.76 bits per heavy atom. The van der Waals surface area contributed by atoms with Gasteiger partial charge in [-0.15, -0.1) is 0 Å². The minimum Gasteiger partial charge on any atom is -0.478 e. The number of aromatic carboxylic acids is 1.